The monoisotopic (exact) mass is 389 g/mol. The summed E-state index contributed by atoms with van der Waals surface area (Å²) >= 11 is 1.51. The van der Waals surface area contributed by atoms with Gasteiger partial charge in [-0.05, 0) is 11.6 Å². The minimum absolute atomic E-state index is 0.0794. The van der Waals surface area contributed by atoms with Gasteiger partial charge in [-0.15, -0.1) is 11.3 Å². The number of carboxylic acids is 1. The second-order valence-corrected chi connectivity index (χ2v) is 7.26. The average molecular weight is 389 g/mol. The number of rotatable bonds is 8. The van der Waals surface area contributed by atoms with Gasteiger partial charge >= 0.3 is 5.97 Å². The number of carbonyl (C=O) groups is 2. The van der Waals surface area contributed by atoms with E-state index in [4.69, 9.17) is 9.84 Å². The van der Waals surface area contributed by atoms with Crippen molar-refractivity contribution in [1.29, 1.82) is 0 Å². The van der Waals surface area contributed by atoms with Gasteiger partial charge in [0, 0.05) is 37.1 Å². The summed E-state index contributed by atoms with van der Waals surface area (Å²) in [5.74, 6) is -1.14. The highest BCUT2D eigenvalue weighted by Gasteiger charge is 2.13. The number of aromatic nitrogens is 1. The molecule has 2 N–H and O–H groups in total. The number of hydrogen-bond acceptors (Lipinski definition) is 6. The third-order valence-corrected chi connectivity index (χ3v) is 5.18. The number of aliphatic carboxylic acids is 1. The van der Waals surface area contributed by atoms with Crippen LogP contribution in [0.25, 0.3) is 10.6 Å². The van der Waals surface area contributed by atoms with Gasteiger partial charge in [0.2, 0.25) is 5.91 Å². The fraction of sp³-hybridized carbons (Fsp3) is 0.421. The highest BCUT2D eigenvalue weighted by molar-refractivity contribution is 7.13. The summed E-state index contributed by atoms with van der Waals surface area (Å²) in [6, 6.07) is 8.32. The van der Waals surface area contributed by atoms with Crippen LogP contribution < -0.4 is 5.32 Å². The predicted molar refractivity (Wildman–Crippen MR) is 103 cm³/mol. The Morgan fingerprint density at radius 2 is 2.11 bits per heavy atom. The lowest BCUT2D eigenvalue weighted by molar-refractivity contribution is -0.136. The van der Waals surface area contributed by atoms with Crippen LogP contribution in [0.15, 0.2) is 29.6 Å². The molecule has 8 heteroatoms. The van der Waals surface area contributed by atoms with Gasteiger partial charge < -0.3 is 15.2 Å². The molecule has 1 aromatic carbocycles. The topological polar surface area (TPSA) is 91.8 Å². The zero-order valence-electron chi connectivity index (χ0n) is 15.0. The van der Waals surface area contributed by atoms with Crippen LogP contribution in [0.2, 0.25) is 0 Å². The molecular formula is C19H23N3O4S. The van der Waals surface area contributed by atoms with E-state index in [1.165, 1.54) is 16.9 Å². The molecule has 0 aliphatic carbocycles. The van der Waals surface area contributed by atoms with E-state index in [9.17, 15) is 9.59 Å². The van der Waals surface area contributed by atoms with Crippen LogP contribution in [-0.2, 0) is 27.3 Å². The van der Waals surface area contributed by atoms with Crippen LogP contribution in [0.5, 0.6) is 0 Å². The maximum absolute atomic E-state index is 11.9. The smallest absolute Gasteiger partial charge is 0.305 e. The van der Waals surface area contributed by atoms with Crippen molar-refractivity contribution in [1.82, 2.24) is 15.2 Å². The highest BCUT2D eigenvalue weighted by Crippen LogP contribution is 2.25. The molecule has 0 radical (unpaired) electrons. The van der Waals surface area contributed by atoms with Gasteiger partial charge in [0.05, 0.1) is 31.7 Å². The number of ether oxygens (including phenoxy) is 1. The molecule has 7 nitrogen and oxygen atoms in total. The largest absolute Gasteiger partial charge is 0.481 e. The number of nitrogens with zero attached hydrogens (tertiary/aromatic N) is 2. The fourth-order valence-corrected chi connectivity index (χ4v) is 3.69. The SMILES string of the molecule is O=C(O)CCNC(=O)Cc1csc(-c2cccc(CN3CCOCC3)c2)n1. The third kappa shape index (κ3) is 6.13. The Hall–Kier alpha value is -2.29. The molecule has 1 aliphatic rings. The number of nitrogens with one attached hydrogen (secondary N) is 1. The standard InChI is InChI=1S/C19H23N3O4S/c23-17(20-5-4-18(24)25)11-16-13-27-19(21-16)15-3-1-2-14(10-15)12-22-6-8-26-9-7-22/h1-3,10,13H,4-9,11-12H2,(H,20,23)(H,24,25). The lowest BCUT2D eigenvalue weighted by Crippen LogP contribution is -2.35. The molecule has 2 aromatic rings. The Labute approximate surface area is 162 Å². The Morgan fingerprint density at radius 3 is 2.89 bits per heavy atom. The molecule has 1 aliphatic heterocycles. The van der Waals surface area contributed by atoms with Crippen LogP contribution in [0.1, 0.15) is 17.7 Å². The van der Waals surface area contributed by atoms with Crippen LogP contribution in [0.4, 0.5) is 0 Å². The van der Waals surface area contributed by atoms with Gasteiger partial charge in [-0.3, -0.25) is 14.5 Å². The van der Waals surface area contributed by atoms with E-state index in [1.54, 1.807) is 0 Å². The van der Waals surface area contributed by atoms with Gasteiger partial charge in [0.25, 0.3) is 0 Å². The van der Waals surface area contributed by atoms with E-state index < -0.39 is 5.97 Å². The maximum atomic E-state index is 11.9. The van der Waals surface area contributed by atoms with Crippen LogP contribution >= 0.6 is 11.3 Å². The molecule has 1 aromatic heterocycles. The molecule has 1 saturated heterocycles. The maximum Gasteiger partial charge on any atom is 0.305 e. The molecule has 144 valence electrons. The summed E-state index contributed by atoms with van der Waals surface area (Å²) in [7, 11) is 0. The van der Waals surface area contributed by atoms with Crippen molar-refractivity contribution >= 4 is 23.2 Å². The average Bonchev–Trinajstić information content (AvgIpc) is 3.11. The van der Waals surface area contributed by atoms with Crippen molar-refractivity contribution < 1.29 is 19.4 Å². The minimum Gasteiger partial charge on any atom is -0.481 e. The van der Waals surface area contributed by atoms with E-state index in [1.807, 2.05) is 17.5 Å². The van der Waals surface area contributed by atoms with Crippen molar-refractivity contribution in [3.63, 3.8) is 0 Å². The molecular weight excluding hydrogens is 366 g/mol. The Morgan fingerprint density at radius 1 is 1.30 bits per heavy atom. The van der Waals surface area contributed by atoms with Crippen LogP contribution in [0.3, 0.4) is 0 Å². The summed E-state index contributed by atoms with van der Waals surface area (Å²) in [4.78, 5) is 29.3. The van der Waals surface area contributed by atoms with Crippen molar-refractivity contribution in [2.45, 2.75) is 19.4 Å². The van der Waals surface area contributed by atoms with Gasteiger partial charge in [-0.25, -0.2) is 4.98 Å². The zero-order chi connectivity index (χ0) is 19.1. The van der Waals surface area contributed by atoms with Crippen LogP contribution in [0, 0.1) is 0 Å². The third-order valence-electron chi connectivity index (χ3n) is 4.24. The normalized spacial score (nSPS) is 14.8. The molecule has 1 amide bonds. The molecule has 0 spiro atoms. The summed E-state index contributed by atoms with van der Waals surface area (Å²) in [5.41, 5.74) is 2.97. The van der Waals surface area contributed by atoms with E-state index in [2.05, 4.69) is 27.3 Å². The lowest BCUT2D eigenvalue weighted by Gasteiger charge is -2.26. The van der Waals surface area contributed by atoms with Crippen molar-refractivity contribution in [3.8, 4) is 10.6 Å². The molecule has 0 unspecified atom stereocenters. The minimum atomic E-state index is -0.928. The molecule has 1 fully saturated rings. The quantitative estimate of drug-likeness (QED) is 0.715. The molecule has 27 heavy (non-hydrogen) atoms. The summed E-state index contributed by atoms with van der Waals surface area (Å²) in [6.07, 6.45) is 0.0770. The second kappa shape index (κ2) is 9.59. The predicted octanol–water partition coefficient (Wildman–Crippen LogP) is 1.78. The first-order chi connectivity index (χ1) is 13.1. The Bertz CT molecular complexity index is 787. The lowest BCUT2D eigenvalue weighted by atomic mass is 10.1. The molecule has 0 bridgehead atoms. The number of amides is 1. The van der Waals surface area contributed by atoms with E-state index in [-0.39, 0.29) is 25.3 Å². The molecule has 3 rings (SSSR count). The first-order valence-corrected chi connectivity index (χ1v) is 9.80. The highest BCUT2D eigenvalue weighted by atomic mass is 32.1. The van der Waals surface area contributed by atoms with Gasteiger partial charge in [0.15, 0.2) is 0 Å². The number of carboxylic acid groups (broad SMARTS) is 1. The van der Waals surface area contributed by atoms with Gasteiger partial charge in [-0.1, -0.05) is 18.2 Å². The number of thiazole rings is 1. The number of benzene rings is 1. The Balaban J connectivity index is 1.58. The Kier molecular flexibility index (Phi) is 6.92. The number of carbonyl (C=O) groups excluding carboxylic acids is 1. The second-order valence-electron chi connectivity index (χ2n) is 6.40. The number of morpholine rings is 1. The first kappa shape index (κ1) is 19.5. The summed E-state index contributed by atoms with van der Waals surface area (Å²) in [5, 5.41) is 14.0. The first-order valence-electron chi connectivity index (χ1n) is 8.92. The zero-order valence-corrected chi connectivity index (χ0v) is 15.8. The molecule has 0 atom stereocenters. The van der Waals surface area contributed by atoms with Crippen molar-refractivity contribution in [2.24, 2.45) is 0 Å². The molecule has 2 heterocycles. The van der Waals surface area contributed by atoms with Crippen molar-refractivity contribution in [2.75, 3.05) is 32.8 Å². The van der Waals surface area contributed by atoms with Crippen molar-refractivity contribution in [3.05, 3.63) is 40.9 Å². The van der Waals surface area contributed by atoms with E-state index >= 15 is 0 Å². The van der Waals surface area contributed by atoms with Gasteiger partial charge in [-0.2, -0.15) is 0 Å². The van der Waals surface area contributed by atoms with Crippen LogP contribution in [-0.4, -0.2) is 59.7 Å². The summed E-state index contributed by atoms with van der Waals surface area (Å²) in [6.45, 7) is 4.48. The fourth-order valence-electron chi connectivity index (χ4n) is 2.88. The van der Waals surface area contributed by atoms with Gasteiger partial charge in [0.1, 0.15) is 5.01 Å². The molecule has 0 saturated carbocycles. The van der Waals surface area contributed by atoms with E-state index in [0.29, 0.717) is 5.69 Å². The number of hydrogen-bond donors (Lipinski definition) is 2. The summed E-state index contributed by atoms with van der Waals surface area (Å²) < 4.78 is 5.39. The van der Waals surface area contributed by atoms with E-state index in [0.717, 1.165) is 43.4 Å².